The highest BCUT2D eigenvalue weighted by atomic mass is 16.6. The third-order valence-electron chi connectivity index (χ3n) is 6.44. The number of ether oxygens (including phenoxy) is 2. The van der Waals surface area contributed by atoms with Crippen molar-refractivity contribution in [1.29, 1.82) is 0 Å². The molecule has 1 N–H and O–H groups in total. The third-order valence-corrected chi connectivity index (χ3v) is 6.44. The fourth-order valence-corrected chi connectivity index (χ4v) is 4.53. The van der Waals surface area contributed by atoms with Crippen LogP contribution in [-0.4, -0.2) is 47.1 Å². The Morgan fingerprint density at radius 2 is 1.72 bits per heavy atom. The zero-order valence-electron chi connectivity index (χ0n) is 20.1. The second-order valence-corrected chi connectivity index (χ2v) is 8.96. The summed E-state index contributed by atoms with van der Waals surface area (Å²) in [6, 6.07) is 18.1. The molecule has 2 aliphatic heterocycles. The van der Waals surface area contributed by atoms with Crippen molar-refractivity contribution in [1.82, 2.24) is 4.90 Å². The van der Waals surface area contributed by atoms with Crippen molar-refractivity contribution < 1.29 is 29.0 Å². The summed E-state index contributed by atoms with van der Waals surface area (Å²) in [6.07, 6.45) is 6.65. The summed E-state index contributed by atoms with van der Waals surface area (Å²) in [7, 11) is 0. The minimum Gasteiger partial charge on any atom is -0.482 e. The molecule has 7 heteroatoms. The van der Waals surface area contributed by atoms with Gasteiger partial charge in [0.1, 0.15) is 18.4 Å². The second kappa shape index (κ2) is 12.3. The van der Waals surface area contributed by atoms with Gasteiger partial charge in [0.15, 0.2) is 11.9 Å². The number of carbonyl (C=O) groups is 3. The van der Waals surface area contributed by atoms with Crippen molar-refractivity contribution in [3.8, 4) is 0 Å². The number of hydrogen-bond donors (Lipinski definition) is 1. The van der Waals surface area contributed by atoms with E-state index >= 15 is 0 Å². The van der Waals surface area contributed by atoms with Crippen molar-refractivity contribution in [3.63, 3.8) is 0 Å². The number of benzene rings is 2. The average Bonchev–Trinajstić information content (AvgIpc) is 3.30. The molecule has 2 aromatic carbocycles. The number of hydrogen-bond acceptors (Lipinski definition) is 6. The molecule has 0 radical (unpaired) electrons. The van der Waals surface area contributed by atoms with E-state index in [1.165, 1.54) is 6.08 Å². The molecule has 188 valence electrons. The van der Waals surface area contributed by atoms with Gasteiger partial charge in [0.25, 0.3) is 0 Å². The molecule has 0 unspecified atom stereocenters. The van der Waals surface area contributed by atoms with Crippen molar-refractivity contribution in [2.24, 2.45) is 5.92 Å². The zero-order chi connectivity index (χ0) is 25.3. The Morgan fingerprint density at radius 1 is 1.00 bits per heavy atom. The van der Waals surface area contributed by atoms with E-state index in [1.807, 2.05) is 66.7 Å². The van der Waals surface area contributed by atoms with E-state index in [9.17, 15) is 14.4 Å². The Morgan fingerprint density at radius 3 is 2.44 bits per heavy atom. The number of nitrogens with zero attached hydrogens (tertiary/aromatic N) is 1. The van der Waals surface area contributed by atoms with Gasteiger partial charge in [-0.05, 0) is 55.0 Å². The lowest BCUT2D eigenvalue weighted by molar-refractivity contribution is -0.143. The summed E-state index contributed by atoms with van der Waals surface area (Å²) in [4.78, 5) is 40.8. The van der Waals surface area contributed by atoms with Gasteiger partial charge in [0.2, 0.25) is 5.91 Å². The number of imide groups is 1. The molecule has 0 bridgehead atoms. The molecular formula is C29H31NO6. The van der Waals surface area contributed by atoms with Crippen LogP contribution in [0.15, 0.2) is 84.7 Å². The molecule has 2 amide bonds. The van der Waals surface area contributed by atoms with Gasteiger partial charge in [0.05, 0.1) is 5.92 Å². The van der Waals surface area contributed by atoms with Gasteiger partial charge in [0, 0.05) is 6.61 Å². The molecule has 1 fully saturated rings. The molecule has 0 aliphatic carbocycles. The number of amides is 2. The zero-order valence-corrected chi connectivity index (χ0v) is 20.1. The molecule has 36 heavy (non-hydrogen) atoms. The molecule has 0 saturated carbocycles. The summed E-state index contributed by atoms with van der Waals surface area (Å²) in [6.45, 7) is 0.223. The lowest BCUT2D eigenvalue weighted by atomic mass is 9.88. The maximum Gasteiger partial charge on any atom is 0.417 e. The van der Waals surface area contributed by atoms with E-state index in [1.54, 1.807) is 6.08 Å². The molecule has 0 aromatic heterocycles. The normalized spacial score (nSPS) is 21.4. The number of unbranched alkanes of at least 4 members (excludes halogenated alkanes) is 3. The largest absolute Gasteiger partial charge is 0.482 e. The van der Waals surface area contributed by atoms with E-state index < -0.39 is 30.1 Å². The first kappa shape index (κ1) is 25.4. The summed E-state index contributed by atoms with van der Waals surface area (Å²) in [5.74, 6) is -1.20. The van der Waals surface area contributed by atoms with Crippen LogP contribution in [0.3, 0.4) is 0 Å². The standard InChI is InChI=1S/C29H31NO6/c31-18-10-2-1-9-15-23-16-17-26(32)27(36-23)24(19-21-11-5-3-6-12-21)28(33)30-25(20-35-29(30)34)22-13-7-4-8-14-22/h3-8,11-17,24-25,27,31H,1-2,9-10,18-20H2/t24-,25+,27-/m1/s1. The fraction of sp³-hybridized carbons (Fsp3) is 0.345. The van der Waals surface area contributed by atoms with Crippen LogP contribution in [-0.2, 0) is 25.5 Å². The van der Waals surface area contributed by atoms with Crippen molar-refractivity contribution in [2.75, 3.05) is 13.2 Å². The quantitative estimate of drug-likeness (QED) is 0.493. The van der Waals surface area contributed by atoms with E-state index in [-0.39, 0.29) is 25.4 Å². The maximum atomic E-state index is 14.0. The van der Waals surface area contributed by atoms with Crippen LogP contribution < -0.4 is 0 Å². The molecule has 1 saturated heterocycles. The van der Waals surface area contributed by atoms with Gasteiger partial charge in [-0.1, -0.05) is 67.1 Å². The summed E-state index contributed by atoms with van der Waals surface area (Å²) >= 11 is 0. The second-order valence-electron chi connectivity index (χ2n) is 8.96. The number of aliphatic hydroxyl groups is 1. The molecule has 2 aromatic rings. The van der Waals surface area contributed by atoms with E-state index in [2.05, 4.69) is 0 Å². The van der Waals surface area contributed by atoms with Crippen molar-refractivity contribution in [3.05, 3.63) is 95.8 Å². The van der Waals surface area contributed by atoms with Gasteiger partial charge in [-0.3, -0.25) is 9.59 Å². The first-order valence-electron chi connectivity index (χ1n) is 12.4. The van der Waals surface area contributed by atoms with Crippen LogP contribution in [0, 0.1) is 5.92 Å². The predicted molar refractivity (Wildman–Crippen MR) is 134 cm³/mol. The molecule has 7 nitrogen and oxygen atoms in total. The van der Waals surface area contributed by atoms with Crippen LogP contribution in [0.2, 0.25) is 0 Å². The lowest BCUT2D eigenvalue weighted by Gasteiger charge is -2.31. The SMILES string of the molecule is O=C1C=CC(=CCCCCCO)O[C@@H]1[C@@H](Cc1ccccc1)C(=O)N1C(=O)OC[C@H]1c1ccccc1. The smallest absolute Gasteiger partial charge is 0.417 e. The Hall–Kier alpha value is -3.71. The molecule has 4 rings (SSSR count). The van der Waals surface area contributed by atoms with Crippen molar-refractivity contribution >= 4 is 17.8 Å². The first-order chi connectivity index (χ1) is 17.6. The van der Waals surface area contributed by atoms with Crippen LogP contribution in [0.25, 0.3) is 0 Å². The number of carbonyl (C=O) groups excluding carboxylic acids is 3. The van der Waals surface area contributed by atoms with Crippen LogP contribution in [0.4, 0.5) is 4.79 Å². The number of rotatable bonds is 10. The minimum atomic E-state index is -1.06. The maximum absolute atomic E-state index is 14.0. The predicted octanol–water partition coefficient (Wildman–Crippen LogP) is 4.53. The van der Waals surface area contributed by atoms with Gasteiger partial charge >= 0.3 is 6.09 Å². The van der Waals surface area contributed by atoms with E-state index in [4.69, 9.17) is 14.6 Å². The average molecular weight is 490 g/mol. The van der Waals surface area contributed by atoms with E-state index in [0.29, 0.717) is 5.76 Å². The lowest BCUT2D eigenvalue weighted by Crippen LogP contribution is -2.47. The summed E-state index contributed by atoms with van der Waals surface area (Å²) in [5.41, 5.74) is 1.65. The topological polar surface area (TPSA) is 93.1 Å². The molecule has 3 atom stereocenters. The number of ketones is 1. The Balaban J connectivity index is 1.60. The summed E-state index contributed by atoms with van der Waals surface area (Å²) in [5, 5.41) is 8.95. The Kier molecular flexibility index (Phi) is 8.68. The van der Waals surface area contributed by atoms with Crippen LogP contribution >= 0.6 is 0 Å². The third kappa shape index (κ3) is 6.10. The van der Waals surface area contributed by atoms with Gasteiger partial charge in [-0.25, -0.2) is 9.69 Å². The summed E-state index contributed by atoms with van der Waals surface area (Å²) < 4.78 is 11.3. The fourth-order valence-electron chi connectivity index (χ4n) is 4.53. The highest BCUT2D eigenvalue weighted by molar-refractivity contribution is 6.02. The Labute approximate surface area is 211 Å². The monoisotopic (exact) mass is 489 g/mol. The first-order valence-corrected chi connectivity index (χ1v) is 12.4. The number of allylic oxidation sites excluding steroid dienone is 2. The van der Waals surface area contributed by atoms with E-state index in [0.717, 1.165) is 41.7 Å². The Bertz CT molecular complexity index is 1110. The highest BCUT2D eigenvalue weighted by Crippen LogP contribution is 2.33. The van der Waals surface area contributed by atoms with Gasteiger partial charge < -0.3 is 14.6 Å². The van der Waals surface area contributed by atoms with Crippen LogP contribution in [0.1, 0.15) is 42.9 Å². The highest BCUT2D eigenvalue weighted by Gasteiger charge is 2.46. The van der Waals surface area contributed by atoms with Crippen LogP contribution in [0.5, 0.6) is 0 Å². The number of cyclic esters (lactones) is 1. The van der Waals surface area contributed by atoms with Crippen molar-refractivity contribution in [2.45, 2.75) is 44.2 Å². The molecule has 0 spiro atoms. The molecule has 2 heterocycles. The molecule has 2 aliphatic rings. The van der Waals surface area contributed by atoms with Gasteiger partial charge in [-0.15, -0.1) is 0 Å². The minimum absolute atomic E-state index is 0.0605. The number of aliphatic hydroxyl groups excluding tert-OH is 1. The molecular weight excluding hydrogens is 458 g/mol. The van der Waals surface area contributed by atoms with Gasteiger partial charge in [-0.2, -0.15) is 0 Å².